The molecular weight excluding hydrogens is 323 g/mol. The number of hydrogen-bond donors (Lipinski definition) is 0. The molecule has 0 radical (unpaired) electrons. The standard InChI is InChI=1S/C19H17FN2O3/c1-23-17-7-3-5-14(19(17)24-2)11-22-25-12-15-10-16(20)9-13-6-4-8-21-18(13)15/h3-11H,12H2,1-2H3. The number of benzene rings is 2. The van der Waals surface area contributed by atoms with Gasteiger partial charge in [0.1, 0.15) is 12.4 Å². The second kappa shape index (κ2) is 7.61. The minimum absolute atomic E-state index is 0.105. The van der Waals surface area contributed by atoms with Crippen molar-refractivity contribution in [1.82, 2.24) is 4.98 Å². The minimum atomic E-state index is -0.336. The van der Waals surface area contributed by atoms with Crippen LogP contribution in [0, 0.1) is 5.82 Å². The van der Waals surface area contributed by atoms with E-state index >= 15 is 0 Å². The van der Waals surface area contributed by atoms with Crippen molar-refractivity contribution in [2.24, 2.45) is 5.16 Å². The maximum Gasteiger partial charge on any atom is 0.169 e. The summed E-state index contributed by atoms with van der Waals surface area (Å²) in [5, 5.41) is 4.67. The molecule has 0 unspecified atom stereocenters. The molecule has 0 aliphatic heterocycles. The third kappa shape index (κ3) is 3.68. The zero-order chi connectivity index (χ0) is 17.6. The predicted molar refractivity (Wildman–Crippen MR) is 93.6 cm³/mol. The SMILES string of the molecule is COc1cccc(C=NOCc2cc(F)cc3cccnc23)c1OC. The van der Waals surface area contributed by atoms with Crippen molar-refractivity contribution in [3.05, 3.63) is 65.6 Å². The first-order chi connectivity index (χ1) is 12.2. The number of pyridine rings is 1. The fourth-order valence-electron chi connectivity index (χ4n) is 2.55. The maximum absolute atomic E-state index is 13.7. The molecule has 0 spiro atoms. The summed E-state index contributed by atoms with van der Waals surface area (Å²) in [6.45, 7) is 0.105. The maximum atomic E-state index is 13.7. The van der Waals surface area contributed by atoms with Gasteiger partial charge in [0.2, 0.25) is 0 Å². The van der Waals surface area contributed by atoms with Crippen molar-refractivity contribution in [2.45, 2.75) is 6.61 Å². The Kier molecular flexibility index (Phi) is 5.09. The molecule has 0 aliphatic carbocycles. The van der Waals surface area contributed by atoms with Crippen molar-refractivity contribution >= 4 is 17.1 Å². The number of nitrogens with zero attached hydrogens (tertiary/aromatic N) is 2. The van der Waals surface area contributed by atoms with E-state index in [1.54, 1.807) is 38.6 Å². The monoisotopic (exact) mass is 340 g/mol. The molecular formula is C19H17FN2O3. The van der Waals surface area contributed by atoms with E-state index in [0.29, 0.717) is 28.1 Å². The molecule has 0 bridgehead atoms. The summed E-state index contributed by atoms with van der Waals surface area (Å²) in [7, 11) is 3.12. The number of fused-ring (bicyclic) bond motifs is 1. The topological polar surface area (TPSA) is 52.9 Å². The van der Waals surface area contributed by atoms with E-state index < -0.39 is 0 Å². The highest BCUT2D eigenvalue weighted by atomic mass is 19.1. The van der Waals surface area contributed by atoms with E-state index in [4.69, 9.17) is 14.3 Å². The lowest BCUT2D eigenvalue weighted by atomic mass is 10.1. The van der Waals surface area contributed by atoms with Gasteiger partial charge in [-0.15, -0.1) is 0 Å². The molecule has 1 heterocycles. The van der Waals surface area contributed by atoms with Gasteiger partial charge in [-0.25, -0.2) is 4.39 Å². The quantitative estimate of drug-likeness (QED) is 0.504. The largest absolute Gasteiger partial charge is 0.493 e. The summed E-state index contributed by atoms with van der Waals surface area (Å²) in [6.07, 6.45) is 3.18. The summed E-state index contributed by atoms with van der Waals surface area (Å²) < 4.78 is 24.3. The molecule has 3 rings (SSSR count). The Labute approximate surface area is 144 Å². The fourth-order valence-corrected chi connectivity index (χ4v) is 2.55. The molecule has 5 nitrogen and oxygen atoms in total. The van der Waals surface area contributed by atoms with Crippen LogP contribution in [0.4, 0.5) is 4.39 Å². The van der Waals surface area contributed by atoms with Crippen molar-refractivity contribution in [3.8, 4) is 11.5 Å². The number of aromatic nitrogens is 1. The number of para-hydroxylation sites is 1. The molecule has 3 aromatic rings. The summed E-state index contributed by atoms with van der Waals surface area (Å²) in [5.74, 6) is 0.833. The average Bonchev–Trinajstić information content (AvgIpc) is 2.64. The summed E-state index contributed by atoms with van der Waals surface area (Å²) in [4.78, 5) is 9.60. The van der Waals surface area contributed by atoms with Crippen LogP contribution in [0.25, 0.3) is 10.9 Å². The highest BCUT2D eigenvalue weighted by Crippen LogP contribution is 2.29. The molecule has 128 valence electrons. The number of halogens is 1. The highest BCUT2D eigenvalue weighted by Gasteiger charge is 2.08. The van der Waals surface area contributed by atoms with E-state index in [0.717, 1.165) is 5.39 Å². The van der Waals surface area contributed by atoms with Crippen LogP contribution in [-0.2, 0) is 11.4 Å². The van der Waals surface area contributed by atoms with Gasteiger partial charge < -0.3 is 14.3 Å². The van der Waals surface area contributed by atoms with Crippen LogP contribution in [-0.4, -0.2) is 25.4 Å². The van der Waals surface area contributed by atoms with Crippen LogP contribution in [0.15, 0.2) is 53.8 Å². The normalized spacial score (nSPS) is 11.0. The number of methoxy groups -OCH3 is 2. The number of rotatable bonds is 6. The molecule has 0 atom stereocenters. The van der Waals surface area contributed by atoms with Crippen molar-refractivity contribution in [1.29, 1.82) is 0 Å². The van der Waals surface area contributed by atoms with Crippen LogP contribution in [0.5, 0.6) is 11.5 Å². The van der Waals surface area contributed by atoms with E-state index in [1.807, 2.05) is 12.1 Å². The van der Waals surface area contributed by atoms with Gasteiger partial charge >= 0.3 is 0 Å². The minimum Gasteiger partial charge on any atom is -0.493 e. The molecule has 0 fully saturated rings. The molecule has 6 heteroatoms. The Morgan fingerprint density at radius 2 is 2.00 bits per heavy atom. The van der Waals surface area contributed by atoms with Crippen LogP contribution in [0.2, 0.25) is 0 Å². The Morgan fingerprint density at radius 1 is 1.12 bits per heavy atom. The zero-order valence-corrected chi connectivity index (χ0v) is 13.9. The van der Waals surface area contributed by atoms with Gasteiger partial charge in [0, 0.05) is 22.7 Å². The van der Waals surface area contributed by atoms with Gasteiger partial charge in [0.25, 0.3) is 0 Å². The van der Waals surface area contributed by atoms with Gasteiger partial charge in [-0.1, -0.05) is 17.3 Å². The lowest BCUT2D eigenvalue weighted by Gasteiger charge is -2.09. The van der Waals surface area contributed by atoms with E-state index in [1.165, 1.54) is 18.3 Å². The molecule has 0 aliphatic rings. The lowest BCUT2D eigenvalue weighted by Crippen LogP contribution is -1.96. The Balaban J connectivity index is 1.77. The molecule has 0 N–H and O–H groups in total. The summed E-state index contributed by atoms with van der Waals surface area (Å²) >= 11 is 0. The van der Waals surface area contributed by atoms with E-state index in [-0.39, 0.29) is 12.4 Å². The molecule has 1 aromatic heterocycles. The molecule has 0 amide bonds. The van der Waals surface area contributed by atoms with Gasteiger partial charge in [-0.05, 0) is 30.3 Å². The van der Waals surface area contributed by atoms with Crippen LogP contribution >= 0.6 is 0 Å². The Bertz CT molecular complexity index is 912. The van der Waals surface area contributed by atoms with Crippen molar-refractivity contribution in [2.75, 3.05) is 14.2 Å². The van der Waals surface area contributed by atoms with Gasteiger partial charge in [-0.2, -0.15) is 0 Å². The van der Waals surface area contributed by atoms with Gasteiger partial charge in [0.05, 0.1) is 26.0 Å². The third-order valence-corrected chi connectivity index (χ3v) is 3.67. The fraction of sp³-hybridized carbons (Fsp3) is 0.158. The van der Waals surface area contributed by atoms with Crippen LogP contribution < -0.4 is 9.47 Å². The second-order valence-corrected chi connectivity index (χ2v) is 5.23. The Hall–Kier alpha value is -3.15. The first kappa shape index (κ1) is 16.7. The molecule has 25 heavy (non-hydrogen) atoms. The Morgan fingerprint density at radius 3 is 2.80 bits per heavy atom. The van der Waals surface area contributed by atoms with Crippen molar-refractivity contribution < 1.29 is 18.7 Å². The molecule has 2 aromatic carbocycles. The number of oxime groups is 1. The smallest absolute Gasteiger partial charge is 0.169 e. The third-order valence-electron chi connectivity index (χ3n) is 3.67. The van der Waals surface area contributed by atoms with Crippen LogP contribution in [0.1, 0.15) is 11.1 Å². The first-order valence-electron chi connectivity index (χ1n) is 7.62. The van der Waals surface area contributed by atoms with Crippen LogP contribution in [0.3, 0.4) is 0 Å². The molecule has 0 saturated carbocycles. The number of ether oxygens (including phenoxy) is 2. The highest BCUT2D eigenvalue weighted by molar-refractivity contribution is 5.84. The van der Waals surface area contributed by atoms with E-state index in [2.05, 4.69) is 10.1 Å². The van der Waals surface area contributed by atoms with Gasteiger partial charge in [-0.3, -0.25) is 4.98 Å². The lowest BCUT2D eigenvalue weighted by molar-refractivity contribution is 0.132. The predicted octanol–water partition coefficient (Wildman–Crippen LogP) is 3.94. The molecule has 0 saturated heterocycles. The summed E-state index contributed by atoms with van der Waals surface area (Å²) in [6, 6.07) is 11.9. The first-order valence-corrected chi connectivity index (χ1v) is 7.62. The van der Waals surface area contributed by atoms with E-state index in [9.17, 15) is 4.39 Å². The second-order valence-electron chi connectivity index (χ2n) is 5.23. The van der Waals surface area contributed by atoms with Gasteiger partial charge in [0.15, 0.2) is 11.5 Å². The zero-order valence-electron chi connectivity index (χ0n) is 13.9. The van der Waals surface area contributed by atoms with Crippen molar-refractivity contribution in [3.63, 3.8) is 0 Å². The average molecular weight is 340 g/mol. The summed E-state index contributed by atoms with van der Waals surface area (Å²) in [5.41, 5.74) is 2.03. The number of hydrogen-bond acceptors (Lipinski definition) is 5.